The average Bonchev–Trinajstić information content (AvgIpc) is 3.59. The molecule has 1 fully saturated rings. The average molecular weight is 468 g/mol. The summed E-state index contributed by atoms with van der Waals surface area (Å²) < 4.78 is 1.68. The molecular formula is C27H29N7O. The van der Waals surface area contributed by atoms with Crippen LogP contribution in [0.1, 0.15) is 38.7 Å². The second-order valence-corrected chi connectivity index (χ2v) is 9.55. The molecule has 1 amide bonds. The summed E-state index contributed by atoms with van der Waals surface area (Å²) in [6.45, 7) is 4.32. The number of para-hydroxylation sites is 1. The first-order valence-corrected chi connectivity index (χ1v) is 11.9. The Morgan fingerprint density at radius 1 is 1.14 bits per heavy atom. The molecule has 2 N–H and O–H groups in total. The Labute approximate surface area is 204 Å². The molecular weight excluding hydrogens is 438 g/mol. The van der Waals surface area contributed by atoms with Crippen molar-refractivity contribution in [2.75, 3.05) is 5.32 Å². The molecule has 8 nitrogen and oxygen atoms in total. The molecule has 0 aliphatic heterocycles. The first-order valence-electron chi connectivity index (χ1n) is 11.9. The van der Waals surface area contributed by atoms with E-state index >= 15 is 0 Å². The van der Waals surface area contributed by atoms with Gasteiger partial charge in [0.15, 0.2) is 11.2 Å². The lowest BCUT2D eigenvalue weighted by atomic mass is 9.91. The van der Waals surface area contributed by atoms with Gasteiger partial charge < -0.3 is 10.6 Å². The topological polar surface area (TPSA) is 97.6 Å². The Kier molecular flexibility index (Phi) is 6.27. The number of amides is 1. The zero-order chi connectivity index (χ0) is 24.3. The molecule has 4 aromatic rings. The van der Waals surface area contributed by atoms with Gasteiger partial charge in [-0.05, 0) is 68.9 Å². The Morgan fingerprint density at radius 2 is 1.97 bits per heavy atom. The SMILES string of the molecule is CC(C)(/C=C\CC1CC1)C(=O)NCc1cccc(-n2nnc3cnc(Nc4ccccc4)nc32)c1. The Bertz CT molecular complexity index is 1360. The molecule has 5 rings (SSSR count). The van der Waals surface area contributed by atoms with E-state index in [1.54, 1.807) is 10.9 Å². The third-order valence-corrected chi connectivity index (χ3v) is 6.12. The van der Waals surface area contributed by atoms with Gasteiger partial charge in [-0.2, -0.15) is 9.67 Å². The number of hydrogen-bond acceptors (Lipinski definition) is 6. The second-order valence-electron chi connectivity index (χ2n) is 9.55. The number of nitrogens with one attached hydrogen (secondary N) is 2. The third-order valence-electron chi connectivity index (χ3n) is 6.12. The molecule has 0 spiro atoms. The molecule has 2 heterocycles. The second kappa shape index (κ2) is 9.66. The molecule has 0 bridgehead atoms. The molecule has 2 aromatic carbocycles. The highest BCUT2D eigenvalue weighted by Crippen LogP contribution is 2.33. The fraction of sp³-hybridized carbons (Fsp3) is 0.296. The minimum absolute atomic E-state index is 0.00512. The lowest BCUT2D eigenvalue weighted by Gasteiger charge is -2.19. The standard InChI is InChI=1S/C27H29N7O/c1-27(2,15-7-9-19-13-14-19)25(35)28-17-20-8-6-12-22(16-20)34-24-23(32-33-34)18-29-26(31-24)30-21-10-4-3-5-11-21/h3-8,10-12,15-16,18-19H,9,13-14,17H2,1-2H3,(H,28,35)(H,29,30,31)/b15-7-. The summed E-state index contributed by atoms with van der Waals surface area (Å²) in [7, 11) is 0. The molecule has 0 radical (unpaired) electrons. The summed E-state index contributed by atoms with van der Waals surface area (Å²) in [5.74, 6) is 1.29. The number of fused-ring (bicyclic) bond motifs is 1. The molecule has 1 saturated carbocycles. The Hall–Kier alpha value is -4.07. The van der Waals surface area contributed by atoms with E-state index in [0.29, 0.717) is 23.7 Å². The third kappa shape index (κ3) is 5.54. The van der Waals surface area contributed by atoms with Crippen molar-refractivity contribution >= 4 is 28.7 Å². The smallest absolute Gasteiger partial charge is 0.229 e. The van der Waals surface area contributed by atoms with Crippen LogP contribution in [0.2, 0.25) is 0 Å². The van der Waals surface area contributed by atoms with Gasteiger partial charge in [-0.1, -0.05) is 47.7 Å². The lowest BCUT2D eigenvalue weighted by Crippen LogP contribution is -2.35. The quantitative estimate of drug-likeness (QED) is 0.338. The van der Waals surface area contributed by atoms with Crippen molar-refractivity contribution in [2.45, 2.75) is 39.7 Å². The van der Waals surface area contributed by atoms with Gasteiger partial charge in [0.25, 0.3) is 0 Å². The van der Waals surface area contributed by atoms with E-state index in [4.69, 9.17) is 0 Å². The predicted octanol–water partition coefficient (Wildman–Crippen LogP) is 4.95. The summed E-state index contributed by atoms with van der Waals surface area (Å²) >= 11 is 0. The monoisotopic (exact) mass is 467 g/mol. The Morgan fingerprint density at radius 3 is 2.77 bits per heavy atom. The van der Waals surface area contributed by atoms with Crippen LogP contribution in [0.5, 0.6) is 0 Å². The summed E-state index contributed by atoms with van der Waals surface area (Å²) in [6.07, 6.45) is 9.52. The molecule has 35 heavy (non-hydrogen) atoms. The highest BCUT2D eigenvalue weighted by molar-refractivity contribution is 5.83. The predicted molar refractivity (Wildman–Crippen MR) is 136 cm³/mol. The molecule has 0 unspecified atom stereocenters. The summed E-state index contributed by atoms with van der Waals surface area (Å²) in [5.41, 5.74) is 3.33. The van der Waals surface area contributed by atoms with E-state index in [0.717, 1.165) is 29.3 Å². The van der Waals surface area contributed by atoms with E-state index in [9.17, 15) is 4.79 Å². The van der Waals surface area contributed by atoms with Gasteiger partial charge in [0.05, 0.1) is 17.3 Å². The van der Waals surface area contributed by atoms with Gasteiger partial charge in [0.2, 0.25) is 11.9 Å². The van der Waals surface area contributed by atoms with Gasteiger partial charge in [0.1, 0.15) is 0 Å². The number of rotatable bonds is 9. The zero-order valence-electron chi connectivity index (χ0n) is 20.0. The number of anilines is 2. The fourth-order valence-electron chi connectivity index (χ4n) is 3.81. The molecule has 0 atom stereocenters. The van der Waals surface area contributed by atoms with E-state index in [-0.39, 0.29) is 5.91 Å². The molecule has 0 saturated heterocycles. The molecule has 8 heteroatoms. The number of allylic oxidation sites excluding steroid dienone is 1. The number of nitrogens with zero attached hydrogens (tertiary/aromatic N) is 5. The van der Waals surface area contributed by atoms with Crippen molar-refractivity contribution in [3.63, 3.8) is 0 Å². The summed E-state index contributed by atoms with van der Waals surface area (Å²) in [6, 6.07) is 17.6. The highest BCUT2D eigenvalue weighted by atomic mass is 16.2. The molecule has 1 aliphatic carbocycles. The van der Waals surface area contributed by atoms with Gasteiger partial charge in [-0.3, -0.25) is 4.79 Å². The van der Waals surface area contributed by atoms with Crippen LogP contribution < -0.4 is 10.6 Å². The fourth-order valence-corrected chi connectivity index (χ4v) is 3.81. The number of hydrogen-bond donors (Lipinski definition) is 2. The zero-order valence-corrected chi connectivity index (χ0v) is 20.0. The van der Waals surface area contributed by atoms with Crippen LogP contribution in [0, 0.1) is 11.3 Å². The largest absolute Gasteiger partial charge is 0.351 e. The van der Waals surface area contributed by atoms with Gasteiger partial charge in [-0.25, -0.2) is 4.98 Å². The molecule has 178 valence electrons. The number of carbonyl (C=O) groups is 1. The van der Waals surface area contributed by atoms with Crippen LogP contribution in [0.4, 0.5) is 11.6 Å². The maximum Gasteiger partial charge on any atom is 0.229 e. The van der Waals surface area contributed by atoms with Crippen LogP contribution in [0.15, 0.2) is 72.9 Å². The van der Waals surface area contributed by atoms with Gasteiger partial charge >= 0.3 is 0 Å². The summed E-state index contributed by atoms with van der Waals surface area (Å²) in [5, 5.41) is 14.8. The number of benzene rings is 2. The maximum atomic E-state index is 12.8. The first-order chi connectivity index (χ1) is 17.0. The van der Waals surface area contributed by atoms with Crippen LogP contribution >= 0.6 is 0 Å². The lowest BCUT2D eigenvalue weighted by molar-refractivity contribution is -0.127. The van der Waals surface area contributed by atoms with Crippen LogP contribution in [0.3, 0.4) is 0 Å². The van der Waals surface area contributed by atoms with E-state index in [2.05, 4.69) is 37.0 Å². The van der Waals surface area contributed by atoms with Crippen molar-refractivity contribution in [2.24, 2.45) is 11.3 Å². The number of aromatic nitrogens is 5. The minimum Gasteiger partial charge on any atom is -0.351 e. The van der Waals surface area contributed by atoms with E-state index in [1.807, 2.05) is 74.5 Å². The number of carbonyl (C=O) groups excluding carboxylic acids is 1. The van der Waals surface area contributed by atoms with E-state index in [1.165, 1.54) is 12.8 Å². The summed E-state index contributed by atoms with van der Waals surface area (Å²) in [4.78, 5) is 21.8. The molecule has 2 aromatic heterocycles. The minimum atomic E-state index is -0.548. The van der Waals surface area contributed by atoms with Crippen molar-refractivity contribution in [1.29, 1.82) is 0 Å². The molecule has 1 aliphatic rings. The van der Waals surface area contributed by atoms with Crippen molar-refractivity contribution in [3.8, 4) is 5.69 Å². The normalized spacial score (nSPS) is 13.9. The van der Waals surface area contributed by atoms with Crippen molar-refractivity contribution in [3.05, 3.63) is 78.5 Å². The van der Waals surface area contributed by atoms with Crippen LogP contribution in [-0.4, -0.2) is 30.9 Å². The first kappa shape index (κ1) is 22.7. The van der Waals surface area contributed by atoms with Gasteiger partial charge in [-0.15, -0.1) is 5.10 Å². The van der Waals surface area contributed by atoms with Crippen LogP contribution in [0.25, 0.3) is 16.9 Å². The van der Waals surface area contributed by atoms with Crippen molar-refractivity contribution < 1.29 is 4.79 Å². The highest BCUT2D eigenvalue weighted by Gasteiger charge is 2.25. The Balaban J connectivity index is 1.30. The van der Waals surface area contributed by atoms with Gasteiger partial charge in [0, 0.05) is 12.2 Å². The maximum absolute atomic E-state index is 12.8. The van der Waals surface area contributed by atoms with Crippen molar-refractivity contribution in [1.82, 2.24) is 30.3 Å². The van der Waals surface area contributed by atoms with Crippen LogP contribution in [-0.2, 0) is 11.3 Å². The van der Waals surface area contributed by atoms with E-state index < -0.39 is 5.41 Å².